The summed E-state index contributed by atoms with van der Waals surface area (Å²) in [6.07, 6.45) is 0. The van der Waals surface area contributed by atoms with Crippen molar-refractivity contribution >= 4 is 96.9 Å². The fourth-order valence-electron chi connectivity index (χ4n) is 8.66. The van der Waals surface area contributed by atoms with Crippen molar-refractivity contribution in [3.8, 4) is 22.5 Å². The van der Waals surface area contributed by atoms with Crippen LogP contribution in [0.3, 0.4) is 0 Å². The Kier molecular flexibility index (Phi) is 5.65. The third-order valence-electron chi connectivity index (χ3n) is 11.1. The summed E-state index contributed by atoms with van der Waals surface area (Å²) in [5.41, 5.74) is 12.0. The molecular weight excluding hydrogens is 651 g/mol. The van der Waals surface area contributed by atoms with Gasteiger partial charge in [-0.1, -0.05) is 97.1 Å². The van der Waals surface area contributed by atoms with Gasteiger partial charge in [0.05, 0.1) is 22.1 Å². The zero-order chi connectivity index (χ0) is 33.9. The van der Waals surface area contributed by atoms with Crippen LogP contribution in [0.1, 0.15) is 0 Å². The Bertz CT molecular complexity index is 3160. The zero-order valence-corrected chi connectivity index (χ0v) is 28.8. The summed E-state index contributed by atoms with van der Waals surface area (Å²) in [6.45, 7) is 0. The highest BCUT2D eigenvalue weighted by atomic mass is 32.1. The number of hydrogen-bond acceptors (Lipinski definition) is 1. The molecule has 0 saturated heterocycles. The first-order valence-corrected chi connectivity index (χ1v) is 18.6. The van der Waals surface area contributed by atoms with E-state index in [2.05, 4.69) is 184 Å². The summed E-state index contributed by atoms with van der Waals surface area (Å²) in [5.74, 6) is 0. The SMILES string of the molecule is c1ccc2c(c1)[nH]c1cc3c4ccccc4n(-c4ccc(-c5ccc(-n6c7ccccc7c7cc8sc9ccccc9c8cc76)cc5)cc4)c3cc12. The normalized spacial score (nSPS) is 12.2. The summed E-state index contributed by atoms with van der Waals surface area (Å²) in [7, 11) is 0. The molecule has 52 heavy (non-hydrogen) atoms. The molecule has 0 amide bonds. The van der Waals surface area contributed by atoms with E-state index < -0.39 is 0 Å². The van der Waals surface area contributed by atoms with E-state index in [1.165, 1.54) is 102 Å². The second kappa shape index (κ2) is 10.5. The van der Waals surface area contributed by atoms with Crippen LogP contribution in [0.25, 0.3) is 108 Å². The highest BCUT2D eigenvalue weighted by molar-refractivity contribution is 7.25. The number of para-hydroxylation sites is 3. The average Bonchev–Trinajstić information content (AvgIpc) is 3.94. The quantitative estimate of drug-likeness (QED) is 0.192. The molecule has 0 atom stereocenters. The predicted octanol–water partition coefficient (Wildman–Crippen LogP) is 13.6. The molecule has 0 fully saturated rings. The molecule has 12 aromatic rings. The molecule has 4 heteroatoms. The standard InChI is InChI=1S/C48H29N3S/c1-5-13-41-33(9-1)37-26-45-38(25-42(37)49-41)34-10-2-6-14-43(34)50(45)31-21-17-29(18-22-31)30-19-23-32(24-20-30)51-44-15-7-3-11-35(44)39-28-48-40(27-46(39)51)36-12-4-8-16-47(36)52-48/h1-28,49H. The number of fused-ring (bicyclic) bond motifs is 12. The van der Waals surface area contributed by atoms with Crippen molar-refractivity contribution in [2.75, 3.05) is 0 Å². The molecule has 3 nitrogen and oxygen atoms in total. The topological polar surface area (TPSA) is 25.6 Å². The molecule has 1 N–H and O–H groups in total. The van der Waals surface area contributed by atoms with Crippen LogP contribution < -0.4 is 0 Å². The summed E-state index contributed by atoms with van der Waals surface area (Å²) >= 11 is 1.88. The number of nitrogens with one attached hydrogen (secondary N) is 1. The molecule has 8 aromatic carbocycles. The van der Waals surface area contributed by atoms with Gasteiger partial charge in [0.15, 0.2) is 0 Å². The molecule has 0 aliphatic heterocycles. The zero-order valence-electron chi connectivity index (χ0n) is 28.0. The second-order valence-electron chi connectivity index (χ2n) is 13.8. The lowest BCUT2D eigenvalue weighted by molar-refractivity contribution is 1.18. The van der Waals surface area contributed by atoms with Crippen molar-refractivity contribution in [3.05, 3.63) is 170 Å². The highest BCUT2D eigenvalue weighted by Crippen LogP contribution is 2.41. The maximum atomic E-state index is 3.64. The van der Waals surface area contributed by atoms with Crippen molar-refractivity contribution < 1.29 is 0 Å². The fourth-order valence-corrected chi connectivity index (χ4v) is 9.79. The number of nitrogens with zero attached hydrogens (tertiary/aromatic N) is 2. The van der Waals surface area contributed by atoms with Gasteiger partial charge in [0, 0.05) is 74.9 Å². The average molecular weight is 680 g/mol. The first-order chi connectivity index (χ1) is 25.8. The second-order valence-corrected chi connectivity index (χ2v) is 14.9. The van der Waals surface area contributed by atoms with Crippen molar-refractivity contribution in [3.63, 3.8) is 0 Å². The maximum Gasteiger partial charge on any atom is 0.0548 e. The third-order valence-corrected chi connectivity index (χ3v) is 12.2. The van der Waals surface area contributed by atoms with Crippen LogP contribution in [0, 0.1) is 0 Å². The van der Waals surface area contributed by atoms with E-state index in [4.69, 9.17) is 0 Å². The maximum absolute atomic E-state index is 3.64. The Morgan fingerprint density at radius 2 is 0.846 bits per heavy atom. The first kappa shape index (κ1) is 28.1. The van der Waals surface area contributed by atoms with Crippen LogP contribution in [0.4, 0.5) is 0 Å². The minimum atomic E-state index is 1.16. The first-order valence-electron chi connectivity index (χ1n) is 17.8. The van der Waals surface area contributed by atoms with Crippen LogP contribution in [-0.2, 0) is 0 Å². The van der Waals surface area contributed by atoms with E-state index in [-0.39, 0.29) is 0 Å². The van der Waals surface area contributed by atoms with E-state index in [0.717, 1.165) is 5.69 Å². The summed E-state index contributed by atoms with van der Waals surface area (Å²) in [5, 5.41) is 10.2. The lowest BCUT2D eigenvalue weighted by Crippen LogP contribution is -1.94. The minimum Gasteiger partial charge on any atom is -0.354 e. The molecule has 0 aliphatic carbocycles. The molecule has 0 radical (unpaired) electrons. The lowest BCUT2D eigenvalue weighted by Gasteiger charge is -2.11. The Labute approximate surface area is 302 Å². The van der Waals surface area contributed by atoms with Crippen LogP contribution in [0.15, 0.2) is 170 Å². The van der Waals surface area contributed by atoms with E-state index in [1.54, 1.807) is 0 Å². The number of rotatable bonds is 3. The smallest absolute Gasteiger partial charge is 0.0548 e. The Morgan fingerprint density at radius 1 is 0.327 bits per heavy atom. The molecule has 0 bridgehead atoms. The van der Waals surface area contributed by atoms with Crippen LogP contribution in [0.2, 0.25) is 0 Å². The summed E-state index contributed by atoms with van der Waals surface area (Å²) in [4.78, 5) is 3.64. The Hall–Kier alpha value is -6.62. The van der Waals surface area contributed by atoms with Gasteiger partial charge in [-0.25, -0.2) is 0 Å². The van der Waals surface area contributed by atoms with Gasteiger partial charge in [-0.3, -0.25) is 0 Å². The van der Waals surface area contributed by atoms with E-state index in [1.807, 2.05) is 11.3 Å². The molecular formula is C48H29N3S. The number of benzene rings is 8. The van der Waals surface area contributed by atoms with Crippen LogP contribution in [0.5, 0.6) is 0 Å². The number of aromatic nitrogens is 3. The molecule has 0 unspecified atom stereocenters. The number of hydrogen-bond donors (Lipinski definition) is 1. The van der Waals surface area contributed by atoms with Gasteiger partial charge in [0.1, 0.15) is 0 Å². The van der Waals surface area contributed by atoms with Gasteiger partial charge < -0.3 is 14.1 Å². The minimum absolute atomic E-state index is 1.16. The Morgan fingerprint density at radius 3 is 1.50 bits per heavy atom. The van der Waals surface area contributed by atoms with Crippen LogP contribution in [-0.4, -0.2) is 14.1 Å². The number of aromatic amines is 1. The third kappa shape index (κ3) is 3.90. The largest absolute Gasteiger partial charge is 0.354 e. The molecule has 12 rings (SSSR count). The molecule has 0 saturated carbocycles. The van der Waals surface area contributed by atoms with Crippen molar-refractivity contribution in [2.24, 2.45) is 0 Å². The molecule has 0 aliphatic rings. The monoisotopic (exact) mass is 679 g/mol. The fraction of sp³-hybridized carbons (Fsp3) is 0. The summed E-state index contributed by atoms with van der Waals surface area (Å²) < 4.78 is 7.51. The predicted molar refractivity (Wildman–Crippen MR) is 223 cm³/mol. The lowest BCUT2D eigenvalue weighted by atomic mass is 10.0. The van der Waals surface area contributed by atoms with Gasteiger partial charge in [-0.15, -0.1) is 11.3 Å². The molecule has 0 spiro atoms. The van der Waals surface area contributed by atoms with Gasteiger partial charge in [0.25, 0.3) is 0 Å². The highest BCUT2D eigenvalue weighted by Gasteiger charge is 2.17. The van der Waals surface area contributed by atoms with Crippen molar-refractivity contribution in [1.29, 1.82) is 0 Å². The van der Waals surface area contributed by atoms with Crippen molar-refractivity contribution in [1.82, 2.24) is 14.1 Å². The Balaban J connectivity index is 0.967. The van der Waals surface area contributed by atoms with Crippen molar-refractivity contribution in [2.45, 2.75) is 0 Å². The number of thiophene rings is 1. The van der Waals surface area contributed by atoms with E-state index in [9.17, 15) is 0 Å². The van der Waals surface area contributed by atoms with Crippen LogP contribution >= 0.6 is 11.3 Å². The molecule has 4 aromatic heterocycles. The van der Waals surface area contributed by atoms with Gasteiger partial charge >= 0.3 is 0 Å². The number of H-pyrrole nitrogens is 1. The van der Waals surface area contributed by atoms with Gasteiger partial charge in [-0.2, -0.15) is 0 Å². The van der Waals surface area contributed by atoms with Gasteiger partial charge in [-0.05, 0) is 83.9 Å². The van der Waals surface area contributed by atoms with E-state index >= 15 is 0 Å². The summed E-state index contributed by atoms with van der Waals surface area (Å²) in [6, 6.07) is 62.4. The van der Waals surface area contributed by atoms with Gasteiger partial charge in [0.2, 0.25) is 0 Å². The van der Waals surface area contributed by atoms with E-state index in [0.29, 0.717) is 0 Å². The molecule has 4 heterocycles. The molecule has 242 valence electrons.